The van der Waals surface area contributed by atoms with Crippen molar-refractivity contribution in [2.24, 2.45) is 0 Å². The minimum atomic E-state index is -0.851. The van der Waals surface area contributed by atoms with Gasteiger partial charge >= 0.3 is 5.97 Å². The Labute approximate surface area is 166 Å². The number of pyridine rings is 1. The van der Waals surface area contributed by atoms with Crippen LogP contribution < -0.4 is 5.32 Å². The second-order valence-electron chi connectivity index (χ2n) is 5.48. The maximum Gasteiger partial charge on any atom is 0.359 e. The van der Waals surface area contributed by atoms with Crippen molar-refractivity contribution in [2.75, 3.05) is 6.61 Å². The maximum absolute atomic E-state index is 12.2. The zero-order valence-electron chi connectivity index (χ0n) is 14.0. The second kappa shape index (κ2) is 9.76. The fourth-order valence-electron chi connectivity index (χ4n) is 2.32. The molecule has 0 unspecified atom stereocenters. The molecular weight excluding hydrogens is 399 g/mol. The Balaban J connectivity index is 1.97. The third kappa shape index (κ3) is 5.34. The summed E-state index contributed by atoms with van der Waals surface area (Å²) in [7, 11) is 0. The highest BCUT2D eigenvalue weighted by Crippen LogP contribution is 2.31. The molecule has 1 atom stereocenters. The Hall–Kier alpha value is -1.82. The predicted octanol–water partition coefficient (Wildman–Crippen LogP) is 4.86. The number of carbonyl (C=O) groups excluding carboxylic acids is 2. The van der Waals surface area contributed by atoms with Crippen molar-refractivity contribution in [3.63, 3.8) is 0 Å². The molecule has 1 N–H and O–H groups in total. The van der Waals surface area contributed by atoms with Gasteiger partial charge in [-0.15, -0.1) is 0 Å². The number of nitrogens with zero attached hydrogens (tertiary/aromatic N) is 1. The fraction of sp³-hybridized carbons (Fsp3) is 0.278. The van der Waals surface area contributed by atoms with Gasteiger partial charge in [-0.05, 0) is 12.0 Å². The molecule has 0 radical (unpaired) electrons. The first-order chi connectivity index (χ1) is 12.4. The molecule has 138 valence electrons. The van der Waals surface area contributed by atoms with Crippen LogP contribution in [0.2, 0.25) is 15.1 Å². The minimum absolute atomic E-state index is 0.00632. The summed E-state index contributed by atoms with van der Waals surface area (Å²) in [6.45, 7) is 1.57. The molecule has 1 amide bonds. The highest BCUT2D eigenvalue weighted by atomic mass is 35.5. The minimum Gasteiger partial charge on any atom is -0.451 e. The molecule has 5 nitrogen and oxygen atoms in total. The van der Waals surface area contributed by atoms with E-state index in [1.165, 1.54) is 6.20 Å². The number of hydrogen-bond donors (Lipinski definition) is 1. The number of hydrogen-bond acceptors (Lipinski definition) is 4. The van der Waals surface area contributed by atoms with Crippen LogP contribution in [-0.4, -0.2) is 23.5 Å². The maximum atomic E-state index is 12.2. The molecule has 26 heavy (non-hydrogen) atoms. The number of aromatic nitrogens is 1. The van der Waals surface area contributed by atoms with Gasteiger partial charge in [-0.1, -0.05) is 78.5 Å². The molecule has 1 aromatic carbocycles. The van der Waals surface area contributed by atoms with Crippen LogP contribution >= 0.6 is 34.8 Å². The van der Waals surface area contributed by atoms with Crippen molar-refractivity contribution >= 4 is 46.7 Å². The van der Waals surface area contributed by atoms with Crippen LogP contribution in [0.15, 0.2) is 36.5 Å². The summed E-state index contributed by atoms with van der Waals surface area (Å²) in [6.07, 6.45) is 2.85. The molecule has 0 aliphatic heterocycles. The first kappa shape index (κ1) is 20.5. The first-order valence-corrected chi connectivity index (χ1v) is 9.08. The van der Waals surface area contributed by atoms with Crippen molar-refractivity contribution in [3.8, 4) is 0 Å². The van der Waals surface area contributed by atoms with E-state index in [4.69, 9.17) is 39.5 Å². The number of benzene rings is 1. The van der Waals surface area contributed by atoms with E-state index in [2.05, 4.69) is 10.3 Å². The van der Waals surface area contributed by atoms with Crippen LogP contribution in [0.25, 0.3) is 0 Å². The lowest BCUT2D eigenvalue weighted by molar-refractivity contribution is -0.125. The zero-order chi connectivity index (χ0) is 19.1. The summed E-state index contributed by atoms with van der Waals surface area (Å²) in [5.74, 6) is -1.27. The topological polar surface area (TPSA) is 68.3 Å². The van der Waals surface area contributed by atoms with E-state index < -0.39 is 18.5 Å². The number of nitrogens with one attached hydrogen (secondary N) is 1. The number of rotatable bonds is 7. The van der Waals surface area contributed by atoms with Gasteiger partial charge in [0.25, 0.3) is 5.91 Å². The Kier molecular flexibility index (Phi) is 7.69. The molecule has 2 aromatic rings. The van der Waals surface area contributed by atoms with E-state index in [1.54, 1.807) is 0 Å². The lowest BCUT2D eigenvalue weighted by Gasteiger charge is -2.18. The number of halogens is 3. The molecule has 1 aromatic heterocycles. The summed E-state index contributed by atoms with van der Waals surface area (Å²) in [5, 5.41) is 2.87. The predicted molar refractivity (Wildman–Crippen MR) is 102 cm³/mol. The van der Waals surface area contributed by atoms with E-state index in [-0.39, 0.29) is 26.8 Å². The van der Waals surface area contributed by atoms with Gasteiger partial charge in [-0.25, -0.2) is 9.78 Å². The Morgan fingerprint density at radius 3 is 2.50 bits per heavy atom. The average molecular weight is 416 g/mol. The van der Waals surface area contributed by atoms with E-state index in [1.807, 2.05) is 37.3 Å². The van der Waals surface area contributed by atoms with Crippen LogP contribution in [0.3, 0.4) is 0 Å². The van der Waals surface area contributed by atoms with Crippen molar-refractivity contribution in [3.05, 3.63) is 62.9 Å². The largest absolute Gasteiger partial charge is 0.451 e. The quantitative estimate of drug-likeness (QED) is 0.656. The lowest BCUT2D eigenvalue weighted by Crippen LogP contribution is -2.32. The highest BCUT2D eigenvalue weighted by Gasteiger charge is 2.20. The Bertz CT molecular complexity index is 785. The lowest BCUT2D eigenvalue weighted by atomic mass is 10.0. The SMILES string of the molecule is CCC[C@H](NC(=O)COC(=O)c1ncc(Cl)c(Cl)c1Cl)c1ccccc1. The Morgan fingerprint density at radius 1 is 1.15 bits per heavy atom. The van der Waals surface area contributed by atoms with Crippen molar-refractivity contribution in [2.45, 2.75) is 25.8 Å². The highest BCUT2D eigenvalue weighted by molar-refractivity contribution is 6.48. The summed E-state index contributed by atoms with van der Waals surface area (Å²) >= 11 is 17.6. The molecular formula is C18H17Cl3N2O3. The summed E-state index contributed by atoms with van der Waals surface area (Å²) < 4.78 is 4.98. The second-order valence-corrected chi connectivity index (χ2v) is 6.64. The van der Waals surface area contributed by atoms with Crippen LogP contribution in [0.4, 0.5) is 0 Å². The monoisotopic (exact) mass is 414 g/mol. The normalized spacial score (nSPS) is 11.7. The van der Waals surface area contributed by atoms with Gasteiger partial charge in [-0.3, -0.25) is 4.79 Å². The van der Waals surface area contributed by atoms with Crippen molar-refractivity contribution in [1.82, 2.24) is 10.3 Å². The molecule has 0 aliphatic rings. The van der Waals surface area contributed by atoms with E-state index in [0.29, 0.717) is 0 Å². The smallest absolute Gasteiger partial charge is 0.359 e. The fourth-order valence-corrected chi connectivity index (χ4v) is 2.88. The third-order valence-electron chi connectivity index (χ3n) is 3.56. The van der Waals surface area contributed by atoms with Crippen LogP contribution in [0, 0.1) is 0 Å². The molecule has 0 spiro atoms. The van der Waals surface area contributed by atoms with E-state index in [9.17, 15) is 9.59 Å². The average Bonchev–Trinajstić information content (AvgIpc) is 2.64. The number of esters is 1. The first-order valence-electron chi connectivity index (χ1n) is 7.95. The number of carbonyl (C=O) groups is 2. The number of ether oxygens (including phenoxy) is 1. The summed E-state index contributed by atoms with van der Waals surface area (Å²) in [6, 6.07) is 9.44. The van der Waals surface area contributed by atoms with Gasteiger partial charge in [0, 0.05) is 6.20 Å². The van der Waals surface area contributed by atoms with Gasteiger partial charge in [0.1, 0.15) is 0 Å². The molecule has 0 fully saturated rings. The Morgan fingerprint density at radius 2 is 1.85 bits per heavy atom. The van der Waals surface area contributed by atoms with Gasteiger partial charge in [0.05, 0.1) is 21.1 Å². The molecule has 0 saturated carbocycles. The van der Waals surface area contributed by atoms with Crippen LogP contribution in [-0.2, 0) is 9.53 Å². The molecule has 0 saturated heterocycles. The molecule has 0 aliphatic carbocycles. The van der Waals surface area contributed by atoms with E-state index in [0.717, 1.165) is 18.4 Å². The summed E-state index contributed by atoms with van der Waals surface area (Å²) in [5.41, 5.74) is 0.797. The van der Waals surface area contributed by atoms with Crippen LogP contribution in [0.1, 0.15) is 41.9 Å². The van der Waals surface area contributed by atoms with Crippen LogP contribution in [0.5, 0.6) is 0 Å². The third-order valence-corrected chi connectivity index (χ3v) is 4.80. The number of amides is 1. The standard InChI is InChI=1S/C18H17Cl3N2O3/c1-2-6-13(11-7-4-3-5-8-11)23-14(24)10-26-18(25)17-16(21)15(20)12(19)9-22-17/h3-5,7-9,13H,2,6,10H2,1H3,(H,23,24)/t13-/m0/s1. The van der Waals surface area contributed by atoms with Crippen molar-refractivity contribution < 1.29 is 14.3 Å². The van der Waals surface area contributed by atoms with Gasteiger partial charge < -0.3 is 10.1 Å². The molecule has 1 heterocycles. The molecule has 0 bridgehead atoms. The van der Waals surface area contributed by atoms with E-state index >= 15 is 0 Å². The van der Waals surface area contributed by atoms with Gasteiger partial charge in [-0.2, -0.15) is 0 Å². The molecule has 2 rings (SSSR count). The summed E-state index contributed by atoms with van der Waals surface area (Å²) in [4.78, 5) is 28.0. The van der Waals surface area contributed by atoms with Gasteiger partial charge in [0.2, 0.25) is 0 Å². The van der Waals surface area contributed by atoms with Crippen molar-refractivity contribution in [1.29, 1.82) is 0 Å². The molecule has 8 heteroatoms. The van der Waals surface area contributed by atoms with Gasteiger partial charge in [0.15, 0.2) is 12.3 Å². The zero-order valence-corrected chi connectivity index (χ0v) is 16.2.